The lowest BCUT2D eigenvalue weighted by Crippen LogP contribution is -2.42. The van der Waals surface area contributed by atoms with Gasteiger partial charge in [0.25, 0.3) is 0 Å². The van der Waals surface area contributed by atoms with Gasteiger partial charge in [-0.05, 0) is 64.6 Å². The Morgan fingerprint density at radius 3 is 2.05 bits per heavy atom. The van der Waals surface area contributed by atoms with Crippen molar-refractivity contribution in [1.29, 1.82) is 0 Å². The first kappa shape index (κ1) is 13.8. The molecule has 0 amide bonds. The first-order valence-corrected chi connectivity index (χ1v) is 7.81. The van der Waals surface area contributed by atoms with E-state index >= 15 is 0 Å². The van der Waals surface area contributed by atoms with Crippen LogP contribution in [0.1, 0.15) is 52.7 Å². The van der Waals surface area contributed by atoms with E-state index in [2.05, 4.69) is 44.9 Å². The van der Waals surface area contributed by atoms with E-state index in [1.54, 1.807) is 0 Å². The molecule has 0 aromatic heterocycles. The number of rotatable bonds is 2. The van der Waals surface area contributed by atoms with E-state index in [-0.39, 0.29) is 5.92 Å². The summed E-state index contributed by atoms with van der Waals surface area (Å²) in [5, 5.41) is 0. The normalized spacial score (nSPS) is 29.7. The van der Waals surface area contributed by atoms with Gasteiger partial charge in [0.1, 0.15) is 0 Å². The molecule has 2 aliphatic heterocycles. The Balaban J connectivity index is 1.87. The predicted molar refractivity (Wildman–Crippen MR) is 82.3 cm³/mol. The van der Waals surface area contributed by atoms with Gasteiger partial charge in [0.2, 0.25) is 0 Å². The van der Waals surface area contributed by atoms with Crippen LogP contribution in [-0.4, -0.2) is 29.8 Å². The van der Waals surface area contributed by atoms with Gasteiger partial charge in [0, 0.05) is 23.6 Å². The summed E-state index contributed by atoms with van der Waals surface area (Å²) in [5.41, 5.74) is 4.54. The molecule has 2 fully saturated rings. The van der Waals surface area contributed by atoms with Crippen LogP contribution >= 0.6 is 0 Å². The monoisotopic (exact) mass is 271 g/mol. The molecular weight excluding hydrogens is 246 g/mol. The molecule has 0 radical (unpaired) electrons. The van der Waals surface area contributed by atoms with Crippen LogP contribution in [0.4, 0.5) is 0 Å². The second-order valence-corrected chi connectivity index (χ2v) is 6.86. The van der Waals surface area contributed by atoms with Gasteiger partial charge in [-0.25, -0.2) is 0 Å². The molecular formula is C18H25NO. The maximum atomic E-state index is 13.0. The average Bonchev–Trinajstić information content (AvgIpc) is 2.61. The fourth-order valence-corrected chi connectivity index (χ4v) is 4.40. The summed E-state index contributed by atoms with van der Waals surface area (Å²) < 4.78 is 0. The number of ketones is 1. The summed E-state index contributed by atoms with van der Waals surface area (Å²) in [4.78, 5) is 15.5. The highest BCUT2D eigenvalue weighted by Crippen LogP contribution is 2.39. The van der Waals surface area contributed by atoms with Crippen molar-refractivity contribution in [3.05, 3.63) is 34.4 Å². The van der Waals surface area contributed by atoms with Crippen LogP contribution < -0.4 is 0 Å². The third-order valence-electron chi connectivity index (χ3n) is 5.39. The molecule has 0 saturated carbocycles. The standard InChI is InChI=1S/C18H25NO/c1-11-7-12(2)17(13(3)8-11)18(20)14-9-15-5-6-16(10-14)19(15)4/h7-8,14-16H,5-6,9-10H2,1-4H3. The molecule has 2 aliphatic rings. The minimum absolute atomic E-state index is 0.240. The number of piperidine rings is 1. The number of nitrogens with zero attached hydrogens (tertiary/aromatic N) is 1. The molecule has 2 heterocycles. The van der Waals surface area contributed by atoms with Crippen LogP contribution in [-0.2, 0) is 0 Å². The maximum Gasteiger partial charge on any atom is 0.166 e. The Morgan fingerprint density at radius 1 is 1.05 bits per heavy atom. The summed E-state index contributed by atoms with van der Waals surface area (Å²) in [5.74, 6) is 0.633. The zero-order valence-corrected chi connectivity index (χ0v) is 13.1. The molecule has 1 aromatic rings. The van der Waals surface area contributed by atoms with E-state index in [0.29, 0.717) is 17.9 Å². The van der Waals surface area contributed by atoms with Gasteiger partial charge < -0.3 is 4.90 Å². The quantitative estimate of drug-likeness (QED) is 0.765. The molecule has 108 valence electrons. The second kappa shape index (κ2) is 5.00. The lowest BCUT2D eigenvalue weighted by atomic mass is 9.82. The van der Waals surface area contributed by atoms with Crippen molar-refractivity contribution in [3.63, 3.8) is 0 Å². The molecule has 0 spiro atoms. The topological polar surface area (TPSA) is 20.3 Å². The highest BCUT2D eigenvalue weighted by atomic mass is 16.1. The summed E-state index contributed by atoms with van der Waals surface area (Å²) >= 11 is 0. The van der Waals surface area contributed by atoms with Gasteiger partial charge in [-0.1, -0.05) is 17.7 Å². The van der Waals surface area contributed by atoms with Crippen LogP contribution in [0.15, 0.2) is 12.1 Å². The van der Waals surface area contributed by atoms with Crippen molar-refractivity contribution in [2.75, 3.05) is 7.05 Å². The molecule has 0 N–H and O–H groups in total. The zero-order chi connectivity index (χ0) is 14.4. The smallest absolute Gasteiger partial charge is 0.166 e. The predicted octanol–water partition coefficient (Wildman–Crippen LogP) is 3.67. The van der Waals surface area contributed by atoms with Crippen LogP contribution in [0.5, 0.6) is 0 Å². The Hall–Kier alpha value is -1.15. The molecule has 20 heavy (non-hydrogen) atoms. The first-order chi connectivity index (χ1) is 9.47. The number of fused-ring (bicyclic) bond motifs is 2. The van der Waals surface area contributed by atoms with E-state index in [1.165, 1.54) is 18.4 Å². The molecule has 2 heteroatoms. The highest BCUT2D eigenvalue weighted by Gasteiger charge is 2.41. The van der Waals surface area contributed by atoms with Gasteiger partial charge in [-0.3, -0.25) is 4.79 Å². The van der Waals surface area contributed by atoms with Crippen molar-refractivity contribution in [2.24, 2.45) is 5.92 Å². The van der Waals surface area contributed by atoms with Gasteiger partial charge in [0.05, 0.1) is 0 Å². The van der Waals surface area contributed by atoms with Crippen molar-refractivity contribution < 1.29 is 4.79 Å². The number of carbonyl (C=O) groups is 1. The number of carbonyl (C=O) groups excluding carboxylic acids is 1. The number of aryl methyl sites for hydroxylation is 3. The third-order valence-corrected chi connectivity index (χ3v) is 5.39. The number of hydrogen-bond acceptors (Lipinski definition) is 2. The highest BCUT2D eigenvalue weighted by molar-refractivity contribution is 6.00. The summed E-state index contributed by atoms with van der Waals surface area (Å²) in [6.45, 7) is 6.26. The second-order valence-electron chi connectivity index (χ2n) is 6.86. The molecule has 1 aromatic carbocycles. The average molecular weight is 271 g/mol. The van der Waals surface area contributed by atoms with Crippen molar-refractivity contribution in [2.45, 2.75) is 58.5 Å². The van der Waals surface area contributed by atoms with Crippen LogP contribution in [0, 0.1) is 26.7 Å². The molecule has 2 unspecified atom stereocenters. The lowest BCUT2D eigenvalue weighted by molar-refractivity contribution is 0.0766. The molecule has 2 nitrogen and oxygen atoms in total. The fraction of sp³-hybridized carbons (Fsp3) is 0.611. The Morgan fingerprint density at radius 2 is 1.55 bits per heavy atom. The minimum Gasteiger partial charge on any atom is -0.300 e. The largest absolute Gasteiger partial charge is 0.300 e. The lowest BCUT2D eigenvalue weighted by Gasteiger charge is -2.36. The fourth-order valence-electron chi connectivity index (χ4n) is 4.40. The molecule has 2 bridgehead atoms. The van der Waals surface area contributed by atoms with Gasteiger partial charge in [0.15, 0.2) is 5.78 Å². The first-order valence-electron chi connectivity index (χ1n) is 7.81. The van der Waals surface area contributed by atoms with E-state index in [4.69, 9.17) is 0 Å². The summed E-state index contributed by atoms with van der Waals surface area (Å²) in [6.07, 6.45) is 4.66. The molecule has 0 aliphatic carbocycles. The van der Waals surface area contributed by atoms with Crippen LogP contribution in [0.25, 0.3) is 0 Å². The van der Waals surface area contributed by atoms with Gasteiger partial charge in [-0.2, -0.15) is 0 Å². The van der Waals surface area contributed by atoms with E-state index < -0.39 is 0 Å². The Bertz CT molecular complexity index is 511. The molecule has 3 rings (SSSR count). The SMILES string of the molecule is Cc1cc(C)c(C(=O)C2CC3CCC(C2)N3C)c(C)c1. The van der Waals surface area contributed by atoms with Gasteiger partial charge >= 0.3 is 0 Å². The zero-order valence-electron chi connectivity index (χ0n) is 13.1. The number of hydrogen-bond donors (Lipinski definition) is 0. The Kier molecular flexibility index (Phi) is 3.45. The van der Waals surface area contributed by atoms with Crippen molar-refractivity contribution >= 4 is 5.78 Å². The van der Waals surface area contributed by atoms with E-state index in [9.17, 15) is 4.79 Å². The summed E-state index contributed by atoms with van der Waals surface area (Å²) in [7, 11) is 2.23. The Labute approximate surface area is 122 Å². The van der Waals surface area contributed by atoms with E-state index in [0.717, 1.165) is 29.5 Å². The van der Waals surface area contributed by atoms with E-state index in [1.807, 2.05) is 0 Å². The van der Waals surface area contributed by atoms with Crippen LogP contribution in [0.3, 0.4) is 0 Å². The van der Waals surface area contributed by atoms with Crippen molar-refractivity contribution in [3.8, 4) is 0 Å². The minimum atomic E-state index is 0.240. The number of benzene rings is 1. The van der Waals surface area contributed by atoms with Crippen molar-refractivity contribution in [1.82, 2.24) is 4.90 Å². The third kappa shape index (κ3) is 2.20. The van der Waals surface area contributed by atoms with Gasteiger partial charge in [-0.15, -0.1) is 0 Å². The molecule has 2 saturated heterocycles. The maximum absolute atomic E-state index is 13.0. The molecule has 2 atom stereocenters. The summed E-state index contributed by atoms with van der Waals surface area (Å²) in [6, 6.07) is 5.55. The van der Waals surface area contributed by atoms with Crippen LogP contribution in [0.2, 0.25) is 0 Å². The number of Topliss-reactive ketones (excluding diaryl/α,β-unsaturated/α-hetero) is 1.